The molecule has 1 heterocycles. The molecule has 1 aliphatic rings. The molecule has 0 unspecified atom stereocenters. The number of nitrogens with zero attached hydrogens (tertiary/aromatic N) is 3. The molecule has 0 atom stereocenters. The van der Waals surface area contributed by atoms with Gasteiger partial charge in [0.15, 0.2) is 19.1 Å². The number of nitrogens with one attached hydrogen (secondary N) is 1. The number of ether oxygens (including phenoxy) is 1. The lowest BCUT2D eigenvalue weighted by Crippen LogP contribution is -2.49. The molecule has 0 radical (unpaired) electrons. The molecule has 5 heteroatoms. The molecule has 0 saturated carbocycles. The molecule has 0 aromatic rings. The number of rotatable bonds is 5. The van der Waals surface area contributed by atoms with Crippen molar-refractivity contribution in [1.82, 2.24) is 5.32 Å². The van der Waals surface area contributed by atoms with E-state index < -0.39 is 0 Å². The largest absolute Gasteiger partial charge is 0.329 e. The normalized spacial score (nSPS) is 16.4. The Morgan fingerprint density at radius 2 is 1.63 bits per heavy atom. The van der Waals surface area contributed by atoms with E-state index in [0.29, 0.717) is 6.10 Å². The molecule has 19 heavy (non-hydrogen) atoms. The highest BCUT2D eigenvalue weighted by Crippen LogP contribution is 2.21. The maximum atomic E-state index is 7.48. The number of likely N-dealkylation sites (tertiary alicyclic amines) is 1. The Morgan fingerprint density at radius 1 is 1.11 bits per heavy atom. The molecule has 0 aliphatic carbocycles. The summed E-state index contributed by atoms with van der Waals surface area (Å²) >= 11 is 0. The summed E-state index contributed by atoms with van der Waals surface area (Å²) in [4.78, 5) is 0. The summed E-state index contributed by atoms with van der Waals surface area (Å²) < 4.78 is 7.01. The summed E-state index contributed by atoms with van der Waals surface area (Å²) in [5.74, 6) is 0.781. The van der Waals surface area contributed by atoms with Crippen molar-refractivity contribution in [3.63, 3.8) is 0 Å². The maximum absolute atomic E-state index is 7.48. The van der Waals surface area contributed by atoms with Crippen molar-refractivity contribution in [2.45, 2.75) is 46.6 Å². The van der Waals surface area contributed by atoms with Gasteiger partial charge in [-0.2, -0.15) is 10.5 Å². The first-order valence-corrected chi connectivity index (χ1v) is 6.95. The van der Waals surface area contributed by atoms with Crippen LogP contribution in [-0.4, -0.2) is 37.0 Å². The molecule has 1 aliphatic heterocycles. The zero-order chi connectivity index (χ0) is 14.7. The van der Waals surface area contributed by atoms with Crippen LogP contribution >= 0.6 is 0 Å². The van der Waals surface area contributed by atoms with Gasteiger partial charge < -0.3 is 9.22 Å². The van der Waals surface area contributed by atoms with Crippen LogP contribution < -0.4 is 5.32 Å². The summed E-state index contributed by atoms with van der Waals surface area (Å²) in [6, 6.07) is 0. The Kier molecular flexibility index (Phi) is 8.95. The quantitative estimate of drug-likeness (QED) is 0.471. The van der Waals surface area contributed by atoms with Gasteiger partial charge in [-0.1, -0.05) is 13.8 Å². The first-order chi connectivity index (χ1) is 8.95. The van der Waals surface area contributed by atoms with Crippen molar-refractivity contribution in [2.75, 3.05) is 26.4 Å². The lowest BCUT2D eigenvalue weighted by atomic mass is 10.2. The van der Waals surface area contributed by atoms with Gasteiger partial charge in [-0.15, -0.1) is 0 Å². The van der Waals surface area contributed by atoms with E-state index in [9.17, 15) is 0 Å². The lowest BCUT2D eigenvalue weighted by Gasteiger charge is -2.35. The van der Waals surface area contributed by atoms with Gasteiger partial charge in [0, 0.05) is 18.8 Å². The van der Waals surface area contributed by atoms with Gasteiger partial charge >= 0.3 is 0 Å². The average Bonchev–Trinajstić information content (AvgIpc) is 2.77. The number of quaternary nitrogens is 1. The van der Waals surface area contributed by atoms with Gasteiger partial charge in [0.1, 0.15) is 0 Å². The third-order valence-electron chi connectivity index (χ3n) is 3.06. The van der Waals surface area contributed by atoms with Crippen molar-refractivity contribution in [1.29, 1.82) is 10.5 Å². The van der Waals surface area contributed by atoms with E-state index >= 15 is 0 Å². The van der Waals surface area contributed by atoms with Gasteiger partial charge in [0.2, 0.25) is 0 Å². The maximum Gasteiger partial charge on any atom is 0.190 e. The fourth-order valence-electron chi connectivity index (χ4n) is 2.48. The Hall–Kier alpha value is -1.30. The minimum atomic E-state index is 0.373. The molecule has 0 amide bonds. The second-order valence-corrected chi connectivity index (χ2v) is 5.77. The Labute approximate surface area is 117 Å². The first-order valence-electron chi connectivity index (χ1n) is 6.95. The molecule has 0 bridgehead atoms. The highest BCUT2D eigenvalue weighted by molar-refractivity contribution is 4.77. The molecule has 1 saturated heterocycles. The molecule has 0 spiro atoms. The Bertz CT molecular complexity index is 296. The zero-order valence-electron chi connectivity index (χ0n) is 12.6. The fourth-order valence-corrected chi connectivity index (χ4v) is 2.48. The molecule has 1 fully saturated rings. The van der Waals surface area contributed by atoms with Crippen LogP contribution in [0.15, 0.2) is 0 Å². The smallest absolute Gasteiger partial charge is 0.190 e. The van der Waals surface area contributed by atoms with Gasteiger partial charge in [-0.25, -0.2) is 5.32 Å². The topological polar surface area (TPSA) is 68.8 Å². The first kappa shape index (κ1) is 17.7. The minimum absolute atomic E-state index is 0.373. The molecule has 0 aromatic carbocycles. The van der Waals surface area contributed by atoms with Crippen molar-refractivity contribution >= 4 is 0 Å². The van der Waals surface area contributed by atoms with Crippen molar-refractivity contribution in [3.05, 3.63) is 0 Å². The van der Waals surface area contributed by atoms with E-state index in [1.807, 2.05) is 0 Å². The van der Waals surface area contributed by atoms with Gasteiger partial charge in [0.25, 0.3) is 0 Å². The molecule has 5 nitrogen and oxygen atoms in total. The van der Waals surface area contributed by atoms with Gasteiger partial charge in [-0.3, -0.25) is 0 Å². The second kappa shape index (κ2) is 9.61. The van der Waals surface area contributed by atoms with Crippen LogP contribution in [0, 0.1) is 28.8 Å². The molecule has 1 N–H and O–H groups in total. The van der Waals surface area contributed by atoms with Crippen LogP contribution in [0.25, 0.3) is 0 Å². The van der Waals surface area contributed by atoms with E-state index in [-0.39, 0.29) is 0 Å². The summed E-state index contributed by atoms with van der Waals surface area (Å²) in [5.41, 5.74) is 0. The van der Waals surface area contributed by atoms with Crippen LogP contribution in [0.3, 0.4) is 0 Å². The minimum Gasteiger partial charge on any atom is -0.329 e. The van der Waals surface area contributed by atoms with E-state index in [1.54, 1.807) is 5.32 Å². The van der Waals surface area contributed by atoms with Crippen LogP contribution in [-0.2, 0) is 4.74 Å². The van der Waals surface area contributed by atoms with E-state index in [0.717, 1.165) is 12.6 Å². The van der Waals surface area contributed by atoms with Crippen LogP contribution in [0.2, 0.25) is 0 Å². The Balaban J connectivity index is 0.000000555. The molecular weight excluding hydrogens is 240 g/mol. The summed E-state index contributed by atoms with van der Waals surface area (Å²) in [6.07, 6.45) is 5.95. The summed E-state index contributed by atoms with van der Waals surface area (Å²) in [7, 11) is 0. The number of hydrogen-bond acceptors (Lipinski definition) is 4. The number of hydrogen-bond donors (Lipinski definition) is 1. The molecule has 0 aromatic heterocycles. The van der Waals surface area contributed by atoms with E-state index in [1.165, 1.54) is 49.3 Å². The van der Waals surface area contributed by atoms with Crippen molar-refractivity contribution < 1.29 is 9.22 Å². The van der Waals surface area contributed by atoms with Crippen molar-refractivity contribution in [3.8, 4) is 12.4 Å². The standard InChI is InChI=1S/C12H26NO.C2HN3/c1-11(2)9-13(7-5-6-8-13)10-14-12(3)4;3-1-5-2-4/h11-12H,5-10H2,1-4H3;5H/q+1;. The third-order valence-corrected chi connectivity index (χ3v) is 3.06. The van der Waals surface area contributed by atoms with Crippen molar-refractivity contribution in [2.24, 2.45) is 5.92 Å². The second-order valence-electron chi connectivity index (χ2n) is 5.77. The SMILES string of the molecule is CC(C)C[N+]1(COC(C)C)CCCC1.N#CNC#N. The van der Waals surface area contributed by atoms with Crippen LogP contribution in [0.1, 0.15) is 40.5 Å². The molecule has 108 valence electrons. The fraction of sp³-hybridized carbons (Fsp3) is 0.857. The van der Waals surface area contributed by atoms with Gasteiger partial charge in [-0.05, 0) is 13.8 Å². The molecular formula is C14H27N4O+. The zero-order valence-corrected chi connectivity index (χ0v) is 12.6. The van der Waals surface area contributed by atoms with Crippen LogP contribution in [0.5, 0.6) is 0 Å². The average molecular weight is 267 g/mol. The van der Waals surface area contributed by atoms with E-state index in [2.05, 4.69) is 27.7 Å². The predicted molar refractivity (Wildman–Crippen MR) is 74.4 cm³/mol. The monoisotopic (exact) mass is 267 g/mol. The molecule has 1 rings (SSSR count). The predicted octanol–water partition coefficient (Wildman–Crippen LogP) is 2.17. The van der Waals surface area contributed by atoms with E-state index in [4.69, 9.17) is 15.3 Å². The summed E-state index contributed by atoms with van der Waals surface area (Å²) in [6.45, 7) is 13.7. The highest BCUT2D eigenvalue weighted by atomic mass is 16.5. The Morgan fingerprint density at radius 3 is 1.95 bits per heavy atom. The number of nitriles is 2. The lowest BCUT2D eigenvalue weighted by molar-refractivity contribution is -0.938. The van der Waals surface area contributed by atoms with Crippen LogP contribution in [0.4, 0.5) is 0 Å². The third kappa shape index (κ3) is 8.42. The van der Waals surface area contributed by atoms with Gasteiger partial charge in [0.05, 0.1) is 25.7 Å². The summed E-state index contributed by atoms with van der Waals surface area (Å²) in [5, 5.41) is 16.7. The highest BCUT2D eigenvalue weighted by Gasteiger charge is 2.32.